The van der Waals surface area contributed by atoms with Gasteiger partial charge in [-0.05, 0) is 19.1 Å². The average molecular weight is 174 g/mol. The molecule has 1 aliphatic rings. The van der Waals surface area contributed by atoms with Crippen LogP contribution in [-0.2, 0) is 0 Å². The van der Waals surface area contributed by atoms with Gasteiger partial charge in [-0.3, -0.25) is 0 Å². The van der Waals surface area contributed by atoms with Crippen molar-refractivity contribution in [2.24, 2.45) is 0 Å². The molecular formula is C7H9BF2O2. The largest absolute Gasteiger partial charge is 0.462 e. The van der Waals surface area contributed by atoms with E-state index in [1.54, 1.807) is 0 Å². The third kappa shape index (κ3) is 1.73. The quantitative estimate of drug-likeness (QED) is 0.581. The molecule has 5 heteroatoms. The van der Waals surface area contributed by atoms with E-state index in [-0.39, 0.29) is 0 Å². The zero-order chi connectivity index (χ0) is 9.35. The summed E-state index contributed by atoms with van der Waals surface area (Å²) < 4.78 is 25.8. The minimum atomic E-state index is -2.03. The van der Waals surface area contributed by atoms with Gasteiger partial charge >= 0.3 is 7.12 Å². The summed E-state index contributed by atoms with van der Waals surface area (Å²) in [5, 5.41) is 17.4. The van der Waals surface area contributed by atoms with Crippen LogP contribution in [0.15, 0.2) is 24.1 Å². The number of hydrogen-bond acceptors (Lipinski definition) is 2. The van der Waals surface area contributed by atoms with Crippen LogP contribution >= 0.6 is 0 Å². The lowest BCUT2D eigenvalue weighted by atomic mass is 9.63. The Labute approximate surface area is 69.4 Å². The Balaban J connectivity index is 2.89. The standard InChI is InChI=1S/C7H9BF2O2/c1-7(10)4-5(9)2-3-6(7)8(11)12/h2-4,6,11-12H,1H3. The van der Waals surface area contributed by atoms with Crippen molar-refractivity contribution in [2.75, 3.05) is 0 Å². The van der Waals surface area contributed by atoms with Gasteiger partial charge in [-0.15, -0.1) is 0 Å². The summed E-state index contributed by atoms with van der Waals surface area (Å²) in [5.74, 6) is -1.80. The molecule has 0 saturated carbocycles. The van der Waals surface area contributed by atoms with E-state index in [0.29, 0.717) is 0 Å². The summed E-state index contributed by atoms with van der Waals surface area (Å²) >= 11 is 0. The summed E-state index contributed by atoms with van der Waals surface area (Å²) in [4.78, 5) is 0. The molecule has 66 valence electrons. The lowest BCUT2D eigenvalue weighted by Crippen LogP contribution is -2.35. The van der Waals surface area contributed by atoms with Crippen LogP contribution < -0.4 is 0 Å². The summed E-state index contributed by atoms with van der Waals surface area (Å²) in [7, 11) is -1.81. The minimum absolute atomic E-state index is 0.697. The SMILES string of the molecule is CC1(F)C=C(F)C=CC1B(O)O. The molecule has 12 heavy (non-hydrogen) atoms. The molecule has 0 bridgehead atoms. The normalized spacial score (nSPS) is 34.8. The predicted molar refractivity (Wildman–Crippen MR) is 41.8 cm³/mol. The maximum absolute atomic E-state index is 13.3. The Kier molecular flexibility index (Phi) is 2.35. The number of halogens is 2. The Hall–Kier alpha value is -0.675. The van der Waals surface area contributed by atoms with Gasteiger partial charge in [0.15, 0.2) is 0 Å². The maximum atomic E-state index is 13.3. The van der Waals surface area contributed by atoms with E-state index >= 15 is 0 Å². The van der Waals surface area contributed by atoms with E-state index in [0.717, 1.165) is 25.2 Å². The second-order valence-corrected chi connectivity index (χ2v) is 2.98. The van der Waals surface area contributed by atoms with E-state index in [1.807, 2.05) is 0 Å². The lowest BCUT2D eigenvalue weighted by molar-refractivity contribution is 0.227. The van der Waals surface area contributed by atoms with E-state index < -0.39 is 24.4 Å². The van der Waals surface area contributed by atoms with Crippen molar-refractivity contribution >= 4 is 7.12 Å². The number of hydrogen-bond donors (Lipinski definition) is 2. The Morgan fingerprint density at radius 3 is 2.58 bits per heavy atom. The third-order valence-electron chi connectivity index (χ3n) is 1.86. The van der Waals surface area contributed by atoms with Crippen LogP contribution in [0.3, 0.4) is 0 Å². The number of rotatable bonds is 1. The molecule has 0 radical (unpaired) electrons. The molecular weight excluding hydrogens is 165 g/mol. The maximum Gasteiger partial charge on any atom is 0.462 e. The van der Waals surface area contributed by atoms with Crippen molar-refractivity contribution in [3.8, 4) is 0 Å². The summed E-state index contributed by atoms with van der Waals surface area (Å²) in [6.07, 6.45) is 2.86. The molecule has 0 heterocycles. The first-order valence-corrected chi connectivity index (χ1v) is 3.55. The molecule has 0 aromatic carbocycles. The fraction of sp³-hybridized carbons (Fsp3) is 0.429. The molecule has 1 aliphatic carbocycles. The summed E-state index contributed by atoms with van der Waals surface area (Å²) in [5.41, 5.74) is -2.03. The molecule has 2 unspecified atom stereocenters. The first kappa shape index (κ1) is 9.41. The van der Waals surface area contributed by atoms with E-state index in [4.69, 9.17) is 10.0 Å². The molecule has 0 saturated heterocycles. The molecule has 0 aromatic rings. The van der Waals surface area contributed by atoms with Gasteiger partial charge in [0.1, 0.15) is 11.5 Å². The van der Waals surface area contributed by atoms with Crippen molar-refractivity contribution < 1.29 is 18.8 Å². The van der Waals surface area contributed by atoms with E-state index in [9.17, 15) is 8.78 Å². The minimum Gasteiger partial charge on any atom is -0.427 e. The van der Waals surface area contributed by atoms with Crippen LogP contribution in [0.1, 0.15) is 6.92 Å². The molecule has 0 aromatic heterocycles. The zero-order valence-electron chi connectivity index (χ0n) is 6.54. The van der Waals surface area contributed by atoms with Crippen molar-refractivity contribution in [2.45, 2.75) is 18.4 Å². The van der Waals surface area contributed by atoms with Crippen molar-refractivity contribution in [3.63, 3.8) is 0 Å². The first-order chi connectivity index (χ1) is 5.43. The van der Waals surface area contributed by atoms with Gasteiger partial charge in [0, 0.05) is 5.82 Å². The average Bonchev–Trinajstić information content (AvgIpc) is 1.82. The van der Waals surface area contributed by atoms with Gasteiger partial charge in [-0.2, -0.15) is 0 Å². The molecule has 0 fully saturated rings. The highest BCUT2D eigenvalue weighted by Crippen LogP contribution is 2.36. The van der Waals surface area contributed by atoms with Crippen LogP contribution in [0.4, 0.5) is 8.78 Å². The Bertz CT molecular complexity index is 236. The second kappa shape index (κ2) is 2.99. The van der Waals surface area contributed by atoms with E-state index in [1.165, 1.54) is 0 Å². The molecule has 2 nitrogen and oxygen atoms in total. The summed E-state index contributed by atoms with van der Waals surface area (Å²) in [6, 6.07) is 0. The highest BCUT2D eigenvalue weighted by molar-refractivity contribution is 6.44. The third-order valence-corrected chi connectivity index (χ3v) is 1.86. The van der Waals surface area contributed by atoms with Crippen LogP contribution in [0.2, 0.25) is 5.82 Å². The van der Waals surface area contributed by atoms with Crippen LogP contribution in [-0.4, -0.2) is 22.8 Å². The monoisotopic (exact) mass is 174 g/mol. The van der Waals surface area contributed by atoms with Crippen molar-refractivity contribution in [3.05, 3.63) is 24.1 Å². The zero-order valence-corrected chi connectivity index (χ0v) is 6.54. The van der Waals surface area contributed by atoms with Gasteiger partial charge in [0.05, 0.1) is 0 Å². The van der Waals surface area contributed by atoms with Gasteiger partial charge in [-0.1, -0.05) is 6.08 Å². The van der Waals surface area contributed by atoms with Gasteiger partial charge in [-0.25, -0.2) is 8.78 Å². The molecule has 2 N–H and O–H groups in total. The van der Waals surface area contributed by atoms with Crippen molar-refractivity contribution in [1.29, 1.82) is 0 Å². The smallest absolute Gasteiger partial charge is 0.427 e. The molecule has 0 amide bonds. The van der Waals surface area contributed by atoms with Gasteiger partial charge in [0.25, 0.3) is 0 Å². The Morgan fingerprint density at radius 2 is 2.17 bits per heavy atom. The molecule has 0 spiro atoms. The topological polar surface area (TPSA) is 40.5 Å². The van der Waals surface area contributed by atoms with Crippen LogP contribution in [0, 0.1) is 0 Å². The lowest BCUT2D eigenvalue weighted by Gasteiger charge is -2.26. The van der Waals surface area contributed by atoms with Crippen LogP contribution in [0.5, 0.6) is 0 Å². The van der Waals surface area contributed by atoms with Gasteiger partial charge < -0.3 is 10.0 Å². The first-order valence-electron chi connectivity index (χ1n) is 3.55. The van der Waals surface area contributed by atoms with Crippen LogP contribution in [0.25, 0.3) is 0 Å². The highest BCUT2D eigenvalue weighted by Gasteiger charge is 2.40. The van der Waals surface area contributed by atoms with Gasteiger partial charge in [0.2, 0.25) is 0 Å². The number of alkyl halides is 1. The molecule has 2 atom stereocenters. The molecule has 0 aliphatic heterocycles. The fourth-order valence-corrected chi connectivity index (χ4v) is 1.19. The fourth-order valence-electron chi connectivity index (χ4n) is 1.19. The molecule has 1 rings (SSSR count). The second-order valence-electron chi connectivity index (χ2n) is 2.98. The Morgan fingerprint density at radius 1 is 1.58 bits per heavy atom. The predicted octanol–water partition coefficient (Wildman–Crippen LogP) is 0.981. The van der Waals surface area contributed by atoms with Crippen molar-refractivity contribution in [1.82, 2.24) is 0 Å². The summed E-state index contributed by atoms with van der Waals surface area (Å²) in [6.45, 7) is 1.10. The van der Waals surface area contributed by atoms with E-state index in [2.05, 4.69) is 0 Å². The number of allylic oxidation sites excluding steroid dienone is 4. The highest BCUT2D eigenvalue weighted by atomic mass is 19.1.